The molecule has 0 bridgehead atoms. The topological polar surface area (TPSA) is 44.9 Å². The van der Waals surface area contributed by atoms with Crippen molar-refractivity contribution in [2.75, 3.05) is 31.6 Å². The second-order valence-corrected chi connectivity index (χ2v) is 5.87. The molecule has 1 aromatic rings. The van der Waals surface area contributed by atoms with Crippen molar-refractivity contribution in [1.29, 1.82) is 0 Å². The van der Waals surface area contributed by atoms with Crippen molar-refractivity contribution in [2.45, 2.75) is 24.8 Å². The van der Waals surface area contributed by atoms with Crippen LogP contribution in [0.3, 0.4) is 0 Å². The number of guanidine groups is 1. The van der Waals surface area contributed by atoms with E-state index < -0.39 is 0 Å². The molecule has 1 fully saturated rings. The Balaban J connectivity index is 1.93. The molecule has 1 saturated heterocycles. The van der Waals surface area contributed by atoms with Crippen molar-refractivity contribution in [1.82, 2.24) is 4.90 Å². The lowest BCUT2D eigenvalue weighted by Crippen LogP contribution is -2.52. The highest BCUT2D eigenvalue weighted by molar-refractivity contribution is 5.98. The lowest BCUT2D eigenvalue weighted by molar-refractivity contribution is 0.334. The molecule has 4 nitrogen and oxygen atoms in total. The van der Waals surface area contributed by atoms with Gasteiger partial charge in [-0.2, -0.15) is 0 Å². The van der Waals surface area contributed by atoms with Gasteiger partial charge in [0.2, 0.25) is 0 Å². The van der Waals surface area contributed by atoms with Crippen molar-refractivity contribution in [3.05, 3.63) is 30.1 Å². The molecule has 108 valence electrons. The Labute approximate surface area is 119 Å². The van der Waals surface area contributed by atoms with E-state index in [2.05, 4.69) is 21.8 Å². The molecule has 1 spiro atoms. The van der Waals surface area contributed by atoms with Gasteiger partial charge < -0.3 is 15.5 Å². The molecule has 5 heteroatoms. The number of rotatable bonds is 1. The molecule has 2 heterocycles. The molecular formula is C15H21FN4. The Kier molecular flexibility index (Phi) is 3.38. The Morgan fingerprint density at radius 3 is 2.70 bits per heavy atom. The number of benzene rings is 1. The smallest absolute Gasteiger partial charge is 0.196 e. The van der Waals surface area contributed by atoms with Gasteiger partial charge in [-0.15, -0.1) is 0 Å². The van der Waals surface area contributed by atoms with Crippen molar-refractivity contribution >= 4 is 11.6 Å². The third-order valence-electron chi connectivity index (χ3n) is 4.46. The van der Waals surface area contributed by atoms with Gasteiger partial charge in [0.05, 0.1) is 12.1 Å². The van der Waals surface area contributed by atoms with Gasteiger partial charge in [0.25, 0.3) is 0 Å². The van der Waals surface area contributed by atoms with Crippen LogP contribution in [-0.2, 0) is 0 Å². The zero-order chi connectivity index (χ0) is 14.2. The van der Waals surface area contributed by atoms with Crippen LogP contribution in [0.25, 0.3) is 0 Å². The first kappa shape index (κ1) is 13.4. The van der Waals surface area contributed by atoms with Gasteiger partial charge >= 0.3 is 0 Å². The van der Waals surface area contributed by atoms with Gasteiger partial charge in [-0.3, -0.25) is 4.99 Å². The lowest BCUT2D eigenvalue weighted by atomic mass is 9.89. The van der Waals surface area contributed by atoms with Crippen LogP contribution in [0.2, 0.25) is 0 Å². The quantitative estimate of drug-likeness (QED) is 0.851. The number of halogens is 1. The minimum absolute atomic E-state index is 0.0350. The number of nitrogens with zero attached hydrogens (tertiary/aromatic N) is 3. The molecule has 0 radical (unpaired) electrons. The summed E-state index contributed by atoms with van der Waals surface area (Å²) in [6, 6.07) is 6.55. The zero-order valence-corrected chi connectivity index (χ0v) is 11.8. The van der Waals surface area contributed by atoms with E-state index in [0.717, 1.165) is 44.6 Å². The Morgan fingerprint density at radius 2 is 1.95 bits per heavy atom. The monoisotopic (exact) mass is 276 g/mol. The van der Waals surface area contributed by atoms with Crippen LogP contribution in [-0.4, -0.2) is 43.1 Å². The number of anilines is 1. The van der Waals surface area contributed by atoms with Gasteiger partial charge in [0.1, 0.15) is 5.82 Å². The molecular weight excluding hydrogens is 255 g/mol. The summed E-state index contributed by atoms with van der Waals surface area (Å²) < 4.78 is 13.1. The van der Waals surface area contributed by atoms with Crippen LogP contribution in [0.15, 0.2) is 29.3 Å². The normalized spacial score (nSPS) is 27.7. The highest BCUT2D eigenvalue weighted by Gasteiger charge is 2.43. The van der Waals surface area contributed by atoms with E-state index in [1.807, 2.05) is 0 Å². The summed E-state index contributed by atoms with van der Waals surface area (Å²) in [5.41, 5.74) is 7.01. The highest BCUT2D eigenvalue weighted by Crippen LogP contribution is 2.36. The predicted octanol–water partition coefficient (Wildman–Crippen LogP) is 1.81. The molecule has 0 saturated carbocycles. The summed E-state index contributed by atoms with van der Waals surface area (Å²) in [5, 5.41) is 0. The first-order chi connectivity index (χ1) is 9.61. The molecule has 2 aliphatic rings. The minimum Gasteiger partial charge on any atom is -0.369 e. The molecule has 20 heavy (non-hydrogen) atoms. The van der Waals surface area contributed by atoms with Crippen LogP contribution in [0.1, 0.15) is 19.3 Å². The molecule has 0 amide bonds. The Hall–Kier alpha value is -1.62. The van der Waals surface area contributed by atoms with E-state index in [-0.39, 0.29) is 11.4 Å². The fraction of sp³-hybridized carbons (Fsp3) is 0.533. The maximum atomic E-state index is 13.1. The third kappa shape index (κ3) is 2.26. The zero-order valence-electron chi connectivity index (χ0n) is 11.8. The molecule has 1 atom stereocenters. The van der Waals surface area contributed by atoms with Crippen molar-refractivity contribution in [3.8, 4) is 0 Å². The van der Waals surface area contributed by atoms with Gasteiger partial charge in [0.15, 0.2) is 5.96 Å². The lowest BCUT2D eigenvalue weighted by Gasteiger charge is -2.38. The van der Waals surface area contributed by atoms with Gasteiger partial charge in [-0.05, 0) is 57.1 Å². The number of likely N-dealkylation sites (tertiary alicyclic amines) is 1. The van der Waals surface area contributed by atoms with Gasteiger partial charge in [-0.25, -0.2) is 4.39 Å². The Morgan fingerprint density at radius 1 is 1.20 bits per heavy atom. The van der Waals surface area contributed by atoms with E-state index in [4.69, 9.17) is 5.73 Å². The molecule has 2 N–H and O–H groups in total. The molecule has 1 aromatic carbocycles. The van der Waals surface area contributed by atoms with E-state index in [0.29, 0.717) is 5.96 Å². The summed E-state index contributed by atoms with van der Waals surface area (Å²) >= 11 is 0. The van der Waals surface area contributed by atoms with Gasteiger partial charge in [0, 0.05) is 12.2 Å². The van der Waals surface area contributed by atoms with Crippen molar-refractivity contribution in [3.63, 3.8) is 0 Å². The SMILES string of the molecule is CN1CCCC2(CC1)CN=C(N)N2c1ccc(F)cc1. The Bertz CT molecular complexity index is 513. The fourth-order valence-electron chi connectivity index (χ4n) is 3.30. The van der Waals surface area contributed by atoms with Crippen LogP contribution < -0.4 is 10.6 Å². The standard InChI is InChI=1S/C15H21FN4/c1-19-9-2-7-15(8-10-19)11-18-14(17)20(15)13-5-3-12(16)4-6-13/h3-6H,2,7-11H2,1H3,(H2,17,18). The second kappa shape index (κ2) is 5.05. The molecule has 1 unspecified atom stereocenters. The minimum atomic E-state index is -0.224. The van der Waals surface area contributed by atoms with E-state index in [1.54, 1.807) is 12.1 Å². The highest BCUT2D eigenvalue weighted by atomic mass is 19.1. The van der Waals surface area contributed by atoms with E-state index in [9.17, 15) is 4.39 Å². The molecule has 2 aliphatic heterocycles. The average Bonchev–Trinajstić information content (AvgIpc) is 2.63. The summed E-state index contributed by atoms with van der Waals surface area (Å²) in [6.07, 6.45) is 3.24. The molecule has 0 aromatic heterocycles. The van der Waals surface area contributed by atoms with Crippen LogP contribution >= 0.6 is 0 Å². The van der Waals surface area contributed by atoms with Crippen molar-refractivity contribution < 1.29 is 4.39 Å². The van der Waals surface area contributed by atoms with Crippen LogP contribution in [0.5, 0.6) is 0 Å². The third-order valence-corrected chi connectivity index (χ3v) is 4.46. The summed E-state index contributed by atoms with van der Waals surface area (Å²) in [4.78, 5) is 8.94. The first-order valence-electron chi connectivity index (χ1n) is 7.15. The maximum Gasteiger partial charge on any atom is 0.196 e. The number of hydrogen-bond acceptors (Lipinski definition) is 4. The molecule has 0 aliphatic carbocycles. The largest absolute Gasteiger partial charge is 0.369 e. The van der Waals surface area contributed by atoms with E-state index in [1.165, 1.54) is 12.1 Å². The van der Waals surface area contributed by atoms with Crippen LogP contribution in [0, 0.1) is 5.82 Å². The molecule has 3 rings (SSSR count). The fourth-order valence-corrected chi connectivity index (χ4v) is 3.30. The summed E-state index contributed by atoms with van der Waals surface area (Å²) in [6.45, 7) is 2.89. The summed E-state index contributed by atoms with van der Waals surface area (Å²) in [7, 11) is 2.15. The van der Waals surface area contributed by atoms with Gasteiger partial charge in [-0.1, -0.05) is 0 Å². The van der Waals surface area contributed by atoms with Crippen LogP contribution in [0.4, 0.5) is 10.1 Å². The number of hydrogen-bond donors (Lipinski definition) is 1. The second-order valence-electron chi connectivity index (χ2n) is 5.87. The number of nitrogens with two attached hydrogens (primary N) is 1. The summed E-state index contributed by atoms with van der Waals surface area (Å²) in [5.74, 6) is 0.333. The maximum absolute atomic E-state index is 13.1. The van der Waals surface area contributed by atoms with E-state index >= 15 is 0 Å². The predicted molar refractivity (Wildman–Crippen MR) is 79.4 cm³/mol. The van der Waals surface area contributed by atoms with Crippen molar-refractivity contribution in [2.24, 2.45) is 10.7 Å². The number of aliphatic imine (C=N–C) groups is 1. The first-order valence-corrected chi connectivity index (χ1v) is 7.15. The average molecular weight is 276 g/mol.